The summed E-state index contributed by atoms with van der Waals surface area (Å²) in [6.45, 7) is 0.249. The summed E-state index contributed by atoms with van der Waals surface area (Å²) in [5, 5.41) is 8.93. The molecule has 0 saturated carbocycles. The van der Waals surface area contributed by atoms with Gasteiger partial charge in [0.05, 0.1) is 0 Å². The van der Waals surface area contributed by atoms with Gasteiger partial charge in [0, 0.05) is 46.4 Å². The zero-order chi connectivity index (χ0) is 18.4. The van der Waals surface area contributed by atoms with Gasteiger partial charge in [0.25, 0.3) is 5.91 Å². The summed E-state index contributed by atoms with van der Waals surface area (Å²) in [4.78, 5) is 28.3. The van der Waals surface area contributed by atoms with E-state index in [-0.39, 0.29) is 24.8 Å². The Hall–Kier alpha value is -2.70. The van der Waals surface area contributed by atoms with Crippen LogP contribution in [0.5, 0.6) is 0 Å². The Morgan fingerprint density at radius 1 is 1.12 bits per heavy atom. The van der Waals surface area contributed by atoms with Crippen LogP contribution < -0.4 is 10.6 Å². The normalized spacial score (nSPS) is 10.3. The molecule has 0 bridgehead atoms. The van der Waals surface area contributed by atoms with Gasteiger partial charge in [-0.1, -0.05) is 23.7 Å². The minimum atomic E-state index is -0.236. The SMILES string of the molecule is O=C(CCNC(=O)c1ccc(Cl)cc1)Nc1cccc(-c2nccs2)c1. The summed E-state index contributed by atoms with van der Waals surface area (Å²) in [6, 6.07) is 14.1. The van der Waals surface area contributed by atoms with E-state index in [1.165, 1.54) is 11.3 Å². The van der Waals surface area contributed by atoms with Crippen molar-refractivity contribution < 1.29 is 9.59 Å². The van der Waals surface area contributed by atoms with Crippen LogP contribution in [0.3, 0.4) is 0 Å². The highest BCUT2D eigenvalue weighted by atomic mass is 35.5. The molecule has 3 rings (SSSR count). The Balaban J connectivity index is 1.49. The van der Waals surface area contributed by atoms with Crippen molar-refractivity contribution in [1.29, 1.82) is 0 Å². The van der Waals surface area contributed by atoms with Crippen molar-refractivity contribution in [3.8, 4) is 10.6 Å². The van der Waals surface area contributed by atoms with Gasteiger partial charge in [-0.05, 0) is 36.4 Å². The van der Waals surface area contributed by atoms with Crippen molar-refractivity contribution in [2.45, 2.75) is 6.42 Å². The number of carbonyl (C=O) groups is 2. The molecule has 0 saturated heterocycles. The molecule has 2 amide bonds. The number of hydrogen-bond donors (Lipinski definition) is 2. The van der Waals surface area contributed by atoms with Crippen LogP contribution in [-0.4, -0.2) is 23.3 Å². The first kappa shape index (κ1) is 18.1. The second-order valence-corrected chi connectivity index (χ2v) is 6.81. The van der Waals surface area contributed by atoms with E-state index in [0.29, 0.717) is 16.3 Å². The highest BCUT2D eigenvalue weighted by Gasteiger charge is 2.08. The first-order chi connectivity index (χ1) is 12.6. The maximum atomic E-state index is 12.1. The molecule has 0 aliphatic heterocycles. The van der Waals surface area contributed by atoms with E-state index in [0.717, 1.165) is 10.6 Å². The highest BCUT2D eigenvalue weighted by molar-refractivity contribution is 7.13. The highest BCUT2D eigenvalue weighted by Crippen LogP contribution is 2.24. The van der Waals surface area contributed by atoms with Gasteiger partial charge in [0.2, 0.25) is 5.91 Å². The van der Waals surface area contributed by atoms with Crippen LogP contribution in [-0.2, 0) is 4.79 Å². The van der Waals surface area contributed by atoms with Gasteiger partial charge < -0.3 is 10.6 Å². The number of nitrogens with zero attached hydrogens (tertiary/aromatic N) is 1. The van der Waals surface area contributed by atoms with Crippen molar-refractivity contribution in [1.82, 2.24) is 10.3 Å². The van der Waals surface area contributed by atoms with E-state index in [9.17, 15) is 9.59 Å². The van der Waals surface area contributed by atoms with Crippen molar-refractivity contribution in [2.24, 2.45) is 0 Å². The van der Waals surface area contributed by atoms with Crippen LogP contribution in [0.2, 0.25) is 5.02 Å². The molecule has 0 fully saturated rings. The van der Waals surface area contributed by atoms with Crippen LogP contribution in [0.15, 0.2) is 60.1 Å². The average Bonchev–Trinajstić information content (AvgIpc) is 3.17. The van der Waals surface area contributed by atoms with E-state index in [1.807, 2.05) is 29.6 Å². The molecule has 0 aliphatic carbocycles. The molecule has 0 atom stereocenters. The topological polar surface area (TPSA) is 71.1 Å². The van der Waals surface area contributed by atoms with Gasteiger partial charge >= 0.3 is 0 Å². The monoisotopic (exact) mass is 385 g/mol. The predicted molar refractivity (Wildman–Crippen MR) is 105 cm³/mol. The van der Waals surface area contributed by atoms with Crippen molar-refractivity contribution >= 4 is 40.4 Å². The van der Waals surface area contributed by atoms with Gasteiger partial charge in [-0.15, -0.1) is 11.3 Å². The third-order valence-electron chi connectivity index (χ3n) is 3.57. The predicted octanol–water partition coefficient (Wildman–Crippen LogP) is 4.22. The maximum Gasteiger partial charge on any atom is 0.251 e. The Labute approximate surface area is 160 Å². The number of anilines is 1. The lowest BCUT2D eigenvalue weighted by Crippen LogP contribution is -2.27. The Morgan fingerprint density at radius 3 is 2.65 bits per heavy atom. The maximum absolute atomic E-state index is 12.1. The zero-order valence-electron chi connectivity index (χ0n) is 13.7. The number of rotatable bonds is 6. The molecule has 3 aromatic rings. The quantitative estimate of drug-likeness (QED) is 0.667. The summed E-state index contributed by atoms with van der Waals surface area (Å²) in [7, 11) is 0. The minimum absolute atomic E-state index is 0.169. The molecule has 26 heavy (non-hydrogen) atoms. The number of amides is 2. The van der Waals surface area contributed by atoms with E-state index in [1.54, 1.807) is 30.5 Å². The van der Waals surface area contributed by atoms with Crippen LogP contribution in [0, 0.1) is 0 Å². The van der Waals surface area contributed by atoms with Crippen LogP contribution in [0.1, 0.15) is 16.8 Å². The van der Waals surface area contributed by atoms with Crippen LogP contribution >= 0.6 is 22.9 Å². The first-order valence-electron chi connectivity index (χ1n) is 7.95. The molecule has 7 heteroatoms. The third kappa shape index (κ3) is 4.91. The lowest BCUT2D eigenvalue weighted by atomic mass is 10.2. The molecule has 5 nitrogen and oxygen atoms in total. The Kier molecular flexibility index (Phi) is 5.99. The second kappa shape index (κ2) is 8.60. The zero-order valence-corrected chi connectivity index (χ0v) is 15.3. The average molecular weight is 386 g/mol. The molecule has 0 unspecified atom stereocenters. The van der Waals surface area contributed by atoms with E-state index >= 15 is 0 Å². The Morgan fingerprint density at radius 2 is 1.92 bits per heavy atom. The minimum Gasteiger partial charge on any atom is -0.352 e. The molecule has 0 spiro atoms. The molecule has 2 aromatic carbocycles. The number of thiazole rings is 1. The van der Waals surface area contributed by atoms with Gasteiger partial charge in [0.15, 0.2) is 0 Å². The van der Waals surface area contributed by atoms with Crippen molar-refractivity contribution in [3.05, 3.63) is 70.7 Å². The molecule has 1 heterocycles. The third-order valence-corrected chi connectivity index (χ3v) is 4.64. The number of nitrogens with one attached hydrogen (secondary N) is 2. The van der Waals surface area contributed by atoms with Gasteiger partial charge in [-0.25, -0.2) is 4.98 Å². The fourth-order valence-electron chi connectivity index (χ4n) is 2.31. The number of benzene rings is 2. The smallest absolute Gasteiger partial charge is 0.251 e. The van der Waals surface area contributed by atoms with Gasteiger partial charge in [0.1, 0.15) is 5.01 Å². The lowest BCUT2D eigenvalue weighted by molar-refractivity contribution is -0.116. The standard InChI is InChI=1S/C19H16ClN3O2S/c20-15-6-4-13(5-7-15)18(25)21-9-8-17(24)23-16-3-1-2-14(12-16)19-22-10-11-26-19/h1-7,10-12H,8-9H2,(H,21,25)(H,23,24). The molecule has 0 radical (unpaired) electrons. The molecule has 1 aromatic heterocycles. The summed E-state index contributed by atoms with van der Waals surface area (Å²) in [6.07, 6.45) is 1.93. The van der Waals surface area contributed by atoms with Crippen molar-refractivity contribution in [3.63, 3.8) is 0 Å². The summed E-state index contributed by atoms with van der Waals surface area (Å²) >= 11 is 7.33. The summed E-state index contributed by atoms with van der Waals surface area (Å²) < 4.78 is 0. The Bertz CT molecular complexity index is 895. The van der Waals surface area contributed by atoms with E-state index < -0.39 is 0 Å². The molecular weight excluding hydrogens is 370 g/mol. The molecule has 132 valence electrons. The fourth-order valence-corrected chi connectivity index (χ4v) is 3.07. The van der Waals surface area contributed by atoms with Gasteiger partial charge in [-0.2, -0.15) is 0 Å². The second-order valence-electron chi connectivity index (χ2n) is 5.48. The van der Waals surface area contributed by atoms with Crippen LogP contribution in [0.4, 0.5) is 5.69 Å². The number of halogens is 1. The van der Waals surface area contributed by atoms with E-state index in [4.69, 9.17) is 11.6 Å². The lowest BCUT2D eigenvalue weighted by Gasteiger charge is -2.08. The van der Waals surface area contributed by atoms with Crippen molar-refractivity contribution in [2.75, 3.05) is 11.9 Å². The number of hydrogen-bond acceptors (Lipinski definition) is 4. The number of aromatic nitrogens is 1. The molecule has 0 aliphatic rings. The molecule has 2 N–H and O–H groups in total. The van der Waals surface area contributed by atoms with Gasteiger partial charge in [-0.3, -0.25) is 9.59 Å². The summed E-state index contributed by atoms with van der Waals surface area (Å²) in [5.41, 5.74) is 2.16. The number of carbonyl (C=O) groups excluding carboxylic acids is 2. The van der Waals surface area contributed by atoms with E-state index in [2.05, 4.69) is 15.6 Å². The first-order valence-corrected chi connectivity index (χ1v) is 9.21. The van der Waals surface area contributed by atoms with Crippen LogP contribution in [0.25, 0.3) is 10.6 Å². The molecular formula is C19H16ClN3O2S. The fraction of sp³-hybridized carbons (Fsp3) is 0.105. The largest absolute Gasteiger partial charge is 0.352 e. The summed E-state index contributed by atoms with van der Waals surface area (Å²) in [5.74, 6) is -0.405.